The lowest BCUT2D eigenvalue weighted by Gasteiger charge is -2.34. The molecule has 2 aromatic rings. The molecule has 2 aromatic heterocycles. The Hall–Kier alpha value is -1.73. The largest absolute Gasteiger partial charge is 0.352 e. The van der Waals surface area contributed by atoms with Crippen molar-refractivity contribution in [3.8, 4) is 0 Å². The Bertz CT molecular complexity index is 533. The van der Waals surface area contributed by atoms with Gasteiger partial charge in [-0.15, -0.1) is 16.4 Å². The van der Waals surface area contributed by atoms with Crippen LogP contribution in [0.1, 0.15) is 12.6 Å². The summed E-state index contributed by atoms with van der Waals surface area (Å²) >= 11 is 1.70. The van der Waals surface area contributed by atoms with Crippen LogP contribution in [0.5, 0.6) is 0 Å². The minimum absolute atomic E-state index is 0.779. The highest BCUT2D eigenvalue weighted by Crippen LogP contribution is 2.20. The maximum Gasteiger partial charge on any atom is 0.185 e. The molecular formula is C14H20N6S. The van der Waals surface area contributed by atoms with Crippen molar-refractivity contribution in [3.05, 3.63) is 29.4 Å². The van der Waals surface area contributed by atoms with Crippen molar-refractivity contribution < 1.29 is 0 Å². The first-order valence-electron chi connectivity index (χ1n) is 7.29. The van der Waals surface area contributed by atoms with Crippen LogP contribution in [-0.2, 0) is 6.54 Å². The summed E-state index contributed by atoms with van der Waals surface area (Å²) in [7, 11) is 0. The third-order valence-electron chi connectivity index (χ3n) is 3.56. The van der Waals surface area contributed by atoms with Crippen molar-refractivity contribution in [3.63, 3.8) is 0 Å². The minimum atomic E-state index is 0.779. The number of rotatable bonds is 5. The Morgan fingerprint density at radius 3 is 2.57 bits per heavy atom. The molecule has 0 saturated carbocycles. The van der Waals surface area contributed by atoms with E-state index in [1.165, 1.54) is 0 Å². The van der Waals surface area contributed by atoms with Gasteiger partial charge in [0.25, 0.3) is 0 Å². The summed E-state index contributed by atoms with van der Waals surface area (Å²) in [5.74, 6) is 0.967. The lowest BCUT2D eigenvalue weighted by molar-refractivity contribution is 0.638. The van der Waals surface area contributed by atoms with Crippen molar-refractivity contribution in [1.82, 2.24) is 20.5 Å². The number of nitrogens with one attached hydrogen (secondary N) is 1. The Morgan fingerprint density at radius 1 is 1.14 bits per heavy atom. The van der Waals surface area contributed by atoms with Crippen LogP contribution in [0.2, 0.25) is 0 Å². The number of anilines is 2. The normalized spacial score (nSPS) is 15.5. The molecule has 1 N–H and O–H groups in total. The molecule has 3 rings (SSSR count). The van der Waals surface area contributed by atoms with Gasteiger partial charge in [-0.1, -0.05) is 6.92 Å². The van der Waals surface area contributed by atoms with Crippen molar-refractivity contribution >= 4 is 22.3 Å². The van der Waals surface area contributed by atoms with Crippen molar-refractivity contribution in [2.24, 2.45) is 0 Å². The van der Waals surface area contributed by atoms with E-state index in [9.17, 15) is 0 Å². The second-order valence-electron chi connectivity index (χ2n) is 4.95. The third kappa shape index (κ3) is 3.48. The summed E-state index contributed by atoms with van der Waals surface area (Å²) in [4.78, 5) is 8.98. The molecule has 1 fully saturated rings. The van der Waals surface area contributed by atoms with Crippen LogP contribution in [0.3, 0.4) is 0 Å². The first-order valence-corrected chi connectivity index (χ1v) is 8.17. The zero-order valence-corrected chi connectivity index (χ0v) is 13.0. The van der Waals surface area contributed by atoms with Crippen LogP contribution in [-0.4, -0.2) is 47.9 Å². The van der Waals surface area contributed by atoms with E-state index in [2.05, 4.69) is 49.4 Å². The topological polar surface area (TPSA) is 57.2 Å². The van der Waals surface area contributed by atoms with E-state index < -0.39 is 0 Å². The number of hydrogen-bond acceptors (Lipinski definition) is 7. The average molecular weight is 304 g/mol. The van der Waals surface area contributed by atoms with Gasteiger partial charge in [0.15, 0.2) is 10.9 Å². The molecule has 0 bridgehead atoms. The number of aromatic nitrogens is 3. The van der Waals surface area contributed by atoms with Crippen molar-refractivity contribution in [2.45, 2.75) is 13.5 Å². The van der Waals surface area contributed by atoms with Crippen LogP contribution in [0, 0.1) is 0 Å². The summed E-state index contributed by atoms with van der Waals surface area (Å²) in [5, 5.41) is 15.0. The van der Waals surface area contributed by atoms with Crippen molar-refractivity contribution in [1.29, 1.82) is 0 Å². The standard InChI is InChI=1S/C14H20N6S/c1-2-15-11-12-3-4-13(18-17-12)19-6-8-20(9-7-19)14-16-5-10-21-14/h3-5,10,15H,2,6-9,11H2,1H3. The van der Waals surface area contributed by atoms with Gasteiger partial charge in [-0.3, -0.25) is 0 Å². The van der Waals surface area contributed by atoms with E-state index in [1.807, 2.05) is 11.6 Å². The van der Waals surface area contributed by atoms with E-state index in [0.717, 1.165) is 55.9 Å². The molecule has 0 aliphatic carbocycles. The number of piperazine rings is 1. The van der Waals surface area contributed by atoms with E-state index in [-0.39, 0.29) is 0 Å². The average Bonchev–Trinajstić information content (AvgIpc) is 3.08. The summed E-state index contributed by atoms with van der Waals surface area (Å²) < 4.78 is 0. The third-order valence-corrected chi connectivity index (χ3v) is 4.39. The summed E-state index contributed by atoms with van der Waals surface area (Å²) in [6, 6.07) is 4.12. The van der Waals surface area contributed by atoms with Gasteiger partial charge < -0.3 is 15.1 Å². The van der Waals surface area contributed by atoms with Gasteiger partial charge in [0.1, 0.15) is 0 Å². The molecule has 6 nitrogen and oxygen atoms in total. The molecule has 0 spiro atoms. The molecule has 1 aliphatic rings. The molecule has 0 radical (unpaired) electrons. The minimum Gasteiger partial charge on any atom is -0.352 e. The van der Waals surface area contributed by atoms with E-state index in [4.69, 9.17) is 0 Å². The van der Waals surface area contributed by atoms with E-state index >= 15 is 0 Å². The van der Waals surface area contributed by atoms with E-state index in [0.29, 0.717) is 0 Å². The summed E-state index contributed by atoms with van der Waals surface area (Å²) in [5.41, 5.74) is 0.988. The van der Waals surface area contributed by atoms with Gasteiger partial charge >= 0.3 is 0 Å². The fourth-order valence-corrected chi connectivity index (χ4v) is 3.06. The monoisotopic (exact) mass is 304 g/mol. The number of hydrogen-bond donors (Lipinski definition) is 1. The van der Waals surface area contributed by atoms with Gasteiger partial charge in [0.2, 0.25) is 0 Å². The smallest absolute Gasteiger partial charge is 0.185 e. The highest BCUT2D eigenvalue weighted by atomic mass is 32.1. The van der Waals surface area contributed by atoms with Gasteiger partial charge in [-0.25, -0.2) is 4.98 Å². The zero-order valence-electron chi connectivity index (χ0n) is 12.2. The second-order valence-corrected chi connectivity index (χ2v) is 5.82. The molecular weight excluding hydrogens is 284 g/mol. The van der Waals surface area contributed by atoms with Crippen LogP contribution in [0.4, 0.5) is 10.9 Å². The number of thiazole rings is 1. The molecule has 0 atom stereocenters. The van der Waals surface area contributed by atoms with Crippen LogP contribution in [0.25, 0.3) is 0 Å². The molecule has 112 valence electrons. The predicted octanol–water partition coefficient (Wildman–Crippen LogP) is 1.37. The van der Waals surface area contributed by atoms with Crippen molar-refractivity contribution in [2.75, 3.05) is 42.5 Å². The van der Waals surface area contributed by atoms with Crippen LogP contribution in [0.15, 0.2) is 23.7 Å². The first-order chi connectivity index (χ1) is 10.4. The Balaban J connectivity index is 1.56. The van der Waals surface area contributed by atoms with E-state index in [1.54, 1.807) is 11.3 Å². The first kappa shape index (κ1) is 14.2. The molecule has 3 heterocycles. The Morgan fingerprint density at radius 2 is 1.95 bits per heavy atom. The lowest BCUT2D eigenvalue weighted by atomic mass is 10.3. The van der Waals surface area contributed by atoms with Gasteiger partial charge in [-0.05, 0) is 18.7 Å². The molecule has 0 aromatic carbocycles. The predicted molar refractivity (Wildman–Crippen MR) is 86.0 cm³/mol. The maximum absolute atomic E-state index is 4.37. The highest BCUT2D eigenvalue weighted by Gasteiger charge is 2.19. The quantitative estimate of drug-likeness (QED) is 0.900. The second kappa shape index (κ2) is 6.82. The fraction of sp³-hybridized carbons (Fsp3) is 0.500. The SMILES string of the molecule is CCNCc1ccc(N2CCN(c3nccs3)CC2)nn1. The highest BCUT2D eigenvalue weighted by molar-refractivity contribution is 7.13. The maximum atomic E-state index is 4.37. The Kier molecular flexibility index (Phi) is 4.62. The molecule has 7 heteroatoms. The molecule has 1 aliphatic heterocycles. The molecule has 21 heavy (non-hydrogen) atoms. The van der Waals surface area contributed by atoms with Crippen LogP contribution < -0.4 is 15.1 Å². The van der Waals surface area contributed by atoms with Gasteiger partial charge in [-0.2, -0.15) is 5.10 Å². The molecule has 0 unspecified atom stereocenters. The Labute approximate surface area is 128 Å². The van der Waals surface area contributed by atoms with Crippen LogP contribution >= 0.6 is 11.3 Å². The molecule has 1 saturated heterocycles. The number of nitrogens with zero attached hydrogens (tertiary/aromatic N) is 5. The molecule has 0 amide bonds. The van der Waals surface area contributed by atoms with Gasteiger partial charge in [0.05, 0.1) is 5.69 Å². The fourth-order valence-electron chi connectivity index (χ4n) is 2.37. The zero-order chi connectivity index (χ0) is 14.5. The lowest BCUT2D eigenvalue weighted by Crippen LogP contribution is -2.46. The van der Waals surface area contributed by atoms with Gasteiger partial charge in [0, 0.05) is 44.3 Å². The summed E-state index contributed by atoms with van der Waals surface area (Å²) in [6.45, 7) is 7.69. The summed E-state index contributed by atoms with van der Waals surface area (Å²) in [6.07, 6.45) is 1.86.